The van der Waals surface area contributed by atoms with Crippen LogP contribution in [0.25, 0.3) is 0 Å². The lowest BCUT2D eigenvalue weighted by Crippen LogP contribution is -2.66. The SMILES string of the molecule is COC1CC(CC[C@H]2C[C@H](O)[C@H](CCO)[C@H](C3CC(OC)C(O)C(OC[C@@H]4N[C@H](C)CC5(CCCC5)[C@@]4(CC(=O)O)CC4CCNC(N)C4)C3)O2)CCC1O. The normalized spacial score (nSPS) is 45.1. The van der Waals surface area contributed by atoms with Crippen LogP contribution in [0.2, 0.25) is 0 Å². The number of carbonyl (C=O) groups is 1. The number of rotatable bonds is 15. The van der Waals surface area contributed by atoms with Gasteiger partial charge in [-0.05, 0) is 133 Å². The van der Waals surface area contributed by atoms with Crippen LogP contribution in [-0.4, -0.2) is 133 Å². The van der Waals surface area contributed by atoms with Crippen LogP contribution in [0, 0.1) is 34.5 Å². The first-order valence-corrected chi connectivity index (χ1v) is 21.8. The van der Waals surface area contributed by atoms with Crippen molar-refractivity contribution in [3.8, 4) is 0 Å². The number of ether oxygens (including phenoxy) is 4. The van der Waals surface area contributed by atoms with Crippen molar-refractivity contribution in [3.05, 3.63) is 0 Å². The number of aliphatic hydroxyl groups excluding tert-OH is 4. The van der Waals surface area contributed by atoms with Gasteiger partial charge in [0.2, 0.25) is 0 Å². The molecule has 3 aliphatic carbocycles. The van der Waals surface area contributed by atoms with Gasteiger partial charge in [0.05, 0.1) is 61.9 Å². The van der Waals surface area contributed by atoms with Crippen LogP contribution >= 0.6 is 0 Å². The summed E-state index contributed by atoms with van der Waals surface area (Å²) in [7, 11) is 3.27. The molecule has 13 nitrogen and oxygen atoms in total. The van der Waals surface area contributed by atoms with Crippen LogP contribution in [0.5, 0.6) is 0 Å². The number of carboxylic acids is 1. The fourth-order valence-electron chi connectivity index (χ4n) is 12.9. The van der Waals surface area contributed by atoms with Gasteiger partial charge in [-0.3, -0.25) is 4.79 Å². The third-order valence-electron chi connectivity index (χ3n) is 15.5. The molecule has 9 unspecified atom stereocenters. The van der Waals surface area contributed by atoms with Gasteiger partial charge in [0.1, 0.15) is 6.10 Å². The zero-order valence-corrected chi connectivity index (χ0v) is 33.9. The molecular weight excluding hydrogens is 706 g/mol. The number of piperidine rings is 2. The molecule has 3 saturated carbocycles. The number of methoxy groups -OCH3 is 2. The van der Waals surface area contributed by atoms with Crippen molar-refractivity contribution in [2.24, 2.45) is 40.2 Å². The van der Waals surface area contributed by atoms with E-state index in [1.807, 2.05) is 0 Å². The lowest BCUT2D eigenvalue weighted by molar-refractivity contribution is -0.203. The number of carboxylic acid groups (broad SMARTS) is 1. The third kappa shape index (κ3) is 9.91. The minimum Gasteiger partial charge on any atom is -0.481 e. The smallest absolute Gasteiger partial charge is 0.303 e. The zero-order valence-electron chi connectivity index (χ0n) is 33.9. The molecule has 3 heterocycles. The van der Waals surface area contributed by atoms with E-state index in [4.69, 9.17) is 24.7 Å². The quantitative estimate of drug-likeness (QED) is 0.121. The number of hydrogen-bond acceptors (Lipinski definition) is 12. The van der Waals surface area contributed by atoms with E-state index < -0.39 is 41.9 Å². The largest absolute Gasteiger partial charge is 0.481 e. The molecule has 0 radical (unpaired) electrons. The standard InChI is InChI=1S/C42H75N3O10/c1-25-21-41(12-4-5-13-41)42(23-38(49)50,22-27-10-14-44-37(43)17-27)36(45-25)24-54-35-19-28(18-34(53-3)39(35)51)40-30(11-15-46)32(48)20-29(55-40)8-6-26-7-9-31(47)33(16-26)52-2/h25-37,39-40,44-48,51H,4-24,43H2,1-3H3,(H,49,50)/t25-,26?,27?,28?,29+,30+,31?,32+,33?,34?,35?,36+,37?,39?,40+,42-/m1/s1. The second-order valence-corrected chi connectivity index (χ2v) is 18.9. The van der Waals surface area contributed by atoms with Gasteiger partial charge in [0, 0.05) is 44.2 Å². The van der Waals surface area contributed by atoms with Crippen LogP contribution in [-0.2, 0) is 23.7 Å². The second-order valence-electron chi connectivity index (χ2n) is 18.9. The lowest BCUT2D eigenvalue weighted by Gasteiger charge is -2.60. The molecule has 0 aromatic rings. The van der Waals surface area contributed by atoms with Crippen LogP contribution < -0.4 is 16.4 Å². The molecule has 0 amide bonds. The lowest BCUT2D eigenvalue weighted by atomic mass is 9.50. The Morgan fingerprint density at radius 2 is 1.64 bits per heavy atom. The maximum atomic E-state index is 12.9. The highest BCUT2D eigenvalue weighted by Gasteiger charge is 2.61. The van der Waals surface area contributed by atoms with E-state index in [1.165, 1.54) is 0 Å². The Labute approximate surface area is 329 Å². The molecule has 16 atom stereocenters. The molecule has 0 aromatic carbocycles. The van der Waals surface area contributed by atoms with Crippen LogP contribution in [0.4, 0.5) is 0 Å². The first kappa shape index (κ1) is 43.6. The van der Waals surface area contributed by atoms with Gasteiger partial charge in [-0.2, -0.15) is 0 Å². The van der Waals surface area contributed by atoms with Crippen molar-refractivity contribution in [1.29, 1.82) is 0 Å². The van der Waals surface area contributed by atoms with E-state index >= 15 is 0 Å². The summed E-state index contributed by atoms with van der Waals surface area (Å²) in [5, 5.41) is 61.4. The van der Waals surface area contributed by atoms with Crippen molar-refractivity contribution in [1.82, 2.24) is 10.6 Å². The highest BCUT2D eigenvalue weighted by atomic mass is 16.5. The van der Waals surface area contributed by atoms with E-state index in [0.717, 1.165) is 90.0 Å². The predicted octanol–water partition coefficient (Wildman–Crippen LogP) is 3.08. The molecular formula is C42H75N3O10. The van der Waals surface area contributed by atoms with Gasteiger partial charge in [0.15, 0.2) is 0 Å². The van der Waals surface area contributed by atoms with Gasteiger partial charge in [-0.1, -0.05) is 12.8 Å². The zero-order chi connectivity index (χ0) is 39.3. The van der Waals surface area contributed by atoms with Gasteiger partial charge < -0.3 is 60.8 Å². The number of aliphatic carboxylic acids is 1. The average molecular weight is 782 g/mol. The Morgan fingerprint density at radius 1 is 0.891 bits per heavy atom. The molecule has 9 N–H and O–H groups in total. The molecule has 55 heavy (non-hydrogen) atoms. The molecule has 0 aromatic heterocycles. The minimum absolute atomic E-state index is 0.0566. The van der Waals surface area contributed by atoms with E-state index in [2.05, 4.69) is 17.6 Å². The van der Waals surface area contributed by atoms with Crippen molar-refractivity contribution in [2.45, 2.75) is 190 Å². The fraction of sp³-hybridized carbons (Fsp3) is 0.976. The molecule has 6 fully saturated rings. The maximum absolute atomic E-state index is 12.9. The minimum atomic E-state index is -0.880. The first-order chi connectivity index (χ1) is 26.4. The van der Waals surface area contributed by atoms with Crippen molar-refractivity contribution in [3.63, 3.8) is 0 Å². The van der Waals surface area contributed by atoms with E-state index in [0.29, 0.717) is 37.5 Å². The van der Waals surface area contributed by atoms with E-state index in [9.17, 15) is 30.3 Å². The highest BCUT2D eigenvalue weighted by molar-refractivity contribution is 5.68. The van der Waals surface area contributed by atoms with Crippen LogP contribution in [0.1, 0.15) is 122 Å². The summed E-state index contributed by atoms with van der Waals surface area (Å²) < 4.78 is 25.2. The highest BCUT2D eigenvalue weighted by Crippen LogP contribution is 2.63. The molecule has 3 saturated heterocycles. The molecule has 3 aliphatic heterocycles. The van der Waals surface area contributed by atoms with Gasteiger partial charge >= 0.3 is 5.97 Å². The second kappa shape index (κ2) is 19.4. The predicted molar refractivity (Wildman–Crippen MR) is 207 cm³/mol. The third-order valence-corrected chi connectivity index (χ3v) is 15.5. The molecule has 318 valence electrons. The monoisotopic (exact) mass is 782 g/mol. The van der Waals surface area contributed by atoms with E-state index in [-0.39, 0.29) is 73.4 Å². The summed E-state index contributed by atoms with van der Waals surface area (Å²) in [6.45, 7) is 3.26. The van der Waals surface area contributed by atoms with Crippen molar-refractivity contribution < 1.29 is 49.3 Å². The molecule has 6 aliphatic rings. The van der Waals surface area contributed by atoms with E-state index in [1.54, 1.807) is 14.2 Å². The van der Waals surface area contributed by atoms with Gasteiger partial charge in [-0.15, -0.1) is 0 Å². The summed E-state index contributed by atoms with van der Waals surface area (Å²) >= 11 is 0. The summed E-state index contributed by atoms with van der Waals surface area (Å²) in [5.41, 5.74) is 5.76. The number of nitrogens with one attached hydrogen (secondary N) is 2. The summed E-state index contributed by atoms with van der Waals surface area (Å²) in [4.78, 5) is 12.9. The van der Waals surface area contributed by atoms with Crippen molar-refractivity contribution in [2.75, 3.05) is 34.0 Å². The topological polar surface area (TPSA) is 205 Å². The van der Waals surface area contributed by atoms with Crippen LogP contribution in [0.15, 0.2) is 0 Å². The Kier molecular flexibility index (Phi) is 15.4. The first-order valence-electron chi connectivity index (χ1n) is 21.8. The molecule has 13 heteroatoms. The van der Waals surface area contributed by atoms with Gasteiger partial charge in [0.25, 0.3) is 0 Å². The number of nitrogens with two attached hydrogens (primary N) is 1. The molecule has 1 spiro atoms. The molecule has 6 rings (SSSR count). The fourth-order valence-corrected chi connectivity index (χ4v) is 12.9. The Morgan fingerprint density at radius 3 is 2.33 bits per heavy atom. The van der Waals surface area contributed by atoms with Crippen molar-refractivity contribution >= 4 is 5.97 Å². The maximum Gasteiger partial charge on any atom is 0.303 e. The number of hydrogen-bond donors (Lipinski definition) is 8. The summed E-state index contributed by atoms with van der Waals surface area (Å²) in [5.74, 6) is -0.396. The Bertz CT molecular complexity index is 1210. The number of aliphatic hydroxyl groups is 4. The van der Waals surface area contributed by atoms with Gasteiger partial charge in [-0.25, -0.2) is 0 Å². The van der Waals surface area contributed by atoms with Crippen LogP contribution in [0.3, 0.4) is 0 Å². The average Bonchev–Trinajstić information content (AvgIpc) is 3.62. The summed E-state index contributed by atoms with van der Waals surface area (Å²) in [6.07, 6.45) is 10.2. The Hall–Kier alpha value is -0.970. The molecule has 0 bridgehead atoms. The Balaban J connectivity index is 1.20. The summed E-state index contributed by atoms with van der Waals surface area (Å²) in [6, 6.07) is -0.0185.